The first-order chi connectivity index (χ1) is 14.6. The summed E-state index contributed by atoms with van der Waals surface area (Å²) in [5.74, 6) is 0.181. The molecular formula is C21H20F3N5O2. The van der Waals surface area contributed by atoms with Crippen LogP contribution >= 0.6 is 0 Å². The number of hydrogen-bond donors (Lipinski definition) is 1. The van der Waals surface area contributed by atoms with Crippen LogP contribution < -0.4 is 10.7 Å². The van der Waals surface area contributed by atoms with Crippen LogP contribution in [0.3, 0.4) is 0 Å². The maximum absolute atomic E-state index is 13.1. The van der Waals surface area contributed by atoms with Crippen molar-refractivity contribution in [3.63, 3.8) is 0 Å². The van der Waals surface area contributed by atoms with Crippen molar-refractivity contribution in [2.24, 2.45) is 0 Å². The standard InChI is InChI=1S/C21H20F3N5O2/c1-11(2)29-17-9-13(21(22,23)24)5-6-14(17)20(31)16(28-29)10-19(30)25-18-8-7-15(26-27-18)12-3-4-12/h5-9,11-12H,3-4,10H2,1-2H3,(H,25,27,30). The fourth-order valence-corrected chi connectivity index (χ4v) is 3.33. The minimum Gasteiger partial charge on any atom is -0.309 e. The number of fused-ring (bicyclic) bond motifs is 1. The zero-order valence-corrected chi connectivity index (χ0v) is 16.9. The van der Waals surface area contributed by atoms with Gasteiger partial charge in [0.25, 0.3) is 0 Å². The van der Waals surface area contributed by atoms with E-state index in [4.69, 9.17) is 0 Å². The highest BCUT2D eigenvalue weighted by molar-refractivity contribution is 5.91. The summed E-state index contributed by atoms with van der Waals surface area (Å²) in [5.41, 5.74) is -0.547. The monoisotopic (exact) mass is 431 g/mol. The summed E-state index contributed by atoms with van der Waals surface area (Å²) in [4.78, 5) is 25.3. The van der Waals surface area contributed by atoms with Gasteiger partial charge in [0.05, 0.1) is 23.2 Å². The maximum Gasteiger partial charge on any atom is 0.416 e. The maximum atomic E-state index is 13.1. The molecule has 1 saturated carbocycles. The molecule has 1 aromatic carbocycles. The summed E-state index contributed by atoms with van der Waals surface area (Å²) >= 11 is 0. The lowest BCUT2D eigenvalue weighted by Gasteiger charge is -2.16. The molecule has 1 aliphatic rings. The van der Waals surface area contributed by atoms with Gasteiger partial charge in [-0.2, -0.15) is 23.4 Å². The van der Waals surface area contributed by atoms with Gasteiger partial charge >= 0.3 is 6.18 Å². The number of nitrogens with zero attached hydrogens (tertiary/aromatic N) is 4. The Bertz CT molecular complexity index is 1200. The second-order valence-electron chi connectivity index (χ2n) is 7.89. The smallest absolute Gasteiger partial charge is 0.309 e. The van der Waals surface area contributed by atoms with Crippen LogP contribution in [-0.4, -0.2) is 25.9 Å². The molecule has 1 fully saturated rings. The Labute approximate surface area is 175 Å². The van der Waals surface area contributed by atoms with E-state index in [1.54, 1.807) is 26.0 Å². The summed E-state index contributed by atoms with van der Waals surface area (Å²) in [6.07, 6.45) is -2.71. The number of benzene rings is 1. The molecule has 1 aliphatic carbocycles. The van der Waals surface area contributed by atoms with E-state index in [2.05, 4.69) is 20.6 Å². The SMILES string of the molecule is CC(C)n1nc(CC(=O)Nc2ccc(C3CC3)nn2)c(=O)c2ccc(C(F)(F)F)cc21. The quantitative estimate of drug-likeness (QED) is 0.663. The first-order valence-corrected chi connectivity index (χ1v) is 9.89. The van der Waals surface area contributed by atoms with Gasteiger partial charge in [0, 0.05) is 17.3 Å². The van der Waals surface area contributed by atoms with E-state index in [9.17, 15) is 22.8 Å². The van der Waals surface area contributed by atoms with Crippen molar-refractivity contribution in [3.8, 4) is 0 Å². The fraction of sp³-hybridized carbons (Fsp3) is 0.381. The van der Waals surface area contributed by atoms with E-state index in [1.807, 2.05) is 0 Å². The van der Waals surface area contributed by atoms with Crippen molar-refractivity contribution in [1.82, 2.24) is 20.0 Å². The molecule has 10 heteroatoms. The molecule has 2 aromatic heterocycles. The number of anilines is 1. The zero-order valence-electron chi connectivity index (χ0n) is 16.9. The van der Waals surface area contributed by atoms with Crippen LogP contribution in [0.2, 0.25) is 0 Å². The van der Waals surface area contributed by atoms with Crippen LogP contribution in [0.4, 0.5) is 19.0 Å². The molecule has 1 amide bonds. The second kappa shape index (κ2) is 7.75. The fourth-order valence-electron chi connectivity index (χ4n) is 3.33. The van der Waals surface area contributed by atoms with Gasteiger partial charge in [-0.25, -0.2) is 0 Å². The molecule has 7 nitrogen and oxygen atoms in total. The molecule has 1 N–H and O–H groups in total. The summed E-state index contributed by atoms with van der Waals surface area (Å²) in [6, 6.07) is 6.02. The summed E-state index contributed by atoms with van der Waals surface area (Å²) in [5, 5.41) is 14.9. The number of rotatable bonds is 5. The van der Waals surface area contributed by atoms with Crippen LogP contribution in [0.1, 0.15) is 55.6 Å². The minimum atomic E-state index is -4.54. The Kier molecular flexibility index (Phi) is 5.24. The third-order valence-corrected chi connectivity index (χ3v) is 5.07. The predicted octanol–water partition coefficient (Wildman–Crippen LogP) is 3.84. The molecule has 0 aliphatic heterocycles. The lowest BCUT2D eigenvalue weighted by Crippen LogP contribution is -2.26. The van der Waals surface area contributed by atoms with E-state index in [0.717, 1.165) is 36.7 Å². The first-order valence-electron chi connectivity index (χ1n) is 9.89. The average molecular weight is 431 g/mol. The Balaban J connectivity index is 1.62. The molecule has 0 atom stereocenters. The van der Waals surface area contributed by atoms with Gasteiger partial charge in [0.15, 0.2) is 5.82 Å². The highest BCUT2D eigenvalue weighted by atomic mass is 19.4. The van der Waals surface area contributed by atoms with Gasteiger partial charge in [-0.15, -0.1) is 5.10 Å². The minimum absolute atomic E-state index is 0.0546. The van der Waals surface area contributed by atoms with E-state index in [0.29, 0.717) is 5.92 Å². The summed E-state index contributed by atoms with van der Waals surface area (Å²) in [7, 11) is 0. The number of carbonyl (C=O) groups is 1. The van der Waals surface area contributed by atoms with Gasteiger partial charge in [-0.1, -0.05) is 0 Å². The van der Waals surface area contributed by atoms with Crippen LogP contribution in [0.25, 0.3) is 10.9 Å². The average Bonchev–Trinajstić information content (AvgIpc) is 3.54. The summed E-state index contributed by atoms with van der Waals surface area (Å²) < 4.78 is 40.7. The number of carbonyl (C=O) groups excluding carboxylic acids is 1. The van der Waals surface area contributed by atoms with Crippen LogP contribution in [-0.2, 0) is 17.4 Å². The number of alkyl halides is 3. The van der Waals surface area contributed by atoms with Crippen LogP contribution in [0.15, 0.2) is 35.1 Å². The van der Waals surface area contributed by atoms with E-state index in [-0.39, 0.29) is 34.9 Å². The molecule has 2 heterocycles. The van der Waals surface area contributed by atoms with E-state index in [1.165, 1.54) is 4.68 Å². The predicted molar refractivity (Wildman–Crippen MR) is 108 cm³/mol. The Hall–Kier alpha value is -3.30. The van der Waals surface area contributed by atoms with Crippen LogP contribution in [0.5, 0.6) is 0 Å². The largest absolute Gasteiger partial charge is 0.416 e. The molecule has 3 aromatic rings. The molecule has 0 saturated heterocycles. The summed E-state index contributed by atoms with van der Waals surface area (Å²) in [6.45, 7) is 3.47. The van der Waals surface area contributed by atoms with Gasteiger partial charge < -0.3 is 5.32 Å². The first kappa shape index (κ1) is 21.0. The number of amides is 1. The van der Waals surface area contributed by atoms with Gasteiger partial charge in [0.1, 0.15) is 5.69 Å². The zero-order chi connectivity index (χ0) is 22.3. The van der Waals surface area contributed by atoms with E-state index >= 15 is 0 Å². The highest BCUT2D eigenvalue weighted by Gasteiger charge is 2.31. The van der Waals surface area contributed by atoms with Gasteiger partial charge in [0.2, 0.25) is 11.3 Å². The Morgan fingerprint density at radius 3 is 2.52 bits per heavy atom. The molecule has 0 bridgehead atoms. The van der Waals surface area contributed by atoms with Crippen LogP contribution in [0, 0.1) is 0 Å². The van der Waals surface area contributed by atoms with Gasteiger partial charge in [-0.3, -0.25) is 14.3 Å². The molecule has 0 radical (unpaired) electrons. The molecule has 0 spiro atoms. The van der Waals surface area contributed by atoms with Crippen molar-refractivity contribution in [3.05, 3.63) is 57.5 Å². The second-order valence-corrected chi connectivity index (χ2v) is 7.89. The van der Waals surface area contributed by atoms with Crippen molar-refractivity contribution in [1.29, 1.82) is 0 Å². The normalized spacial score (nSPS) is 14.3. The highest BCUT2D eigenvalue weighted by Crippen LogP contribution is 2.38. The van der Waals surface area contributed by atoms with Crippen molar-refractivity contribution in [2.45, 2.75) is 51.2 Å². The number of hydrogen-bond acceptors (Lipinski definition) is 5. The van der Waals surface area contributed by atoms with Crippen molar-refractivity contribution >= 4 is 22.6 Å². The molecule has 162 valence electrons. The number of aromatic nitrogens is 4. The Morgan fingerprint density at radius 1 is 1.19 bits per heavy atom. The Morgan fingerprint density at radius 2 is 1.94 bits per heavy atom. The molecule has 31 heavy (non-hydrogen) atoms. The topological polar surface area (TPSA) is 89.8 Å². The van der Waals surface area contributed by atoms with E-state index < -0.39 is 23.1 Å². The number of nitrogens with one attached hydrogen (secondary N) is 1. The third-order valence-electron chi connectivity index (χ3n) is 5.07. The van der Waals surface area contributed by atoms with Gasteiger partial charge in [-0.05, 0) is 57.0 Å². The lowest BCUT2D eigenvalue weighted by atomic mass is 10.1. The molecular weight excluding hydrogens is 411 g/mol. The molecule has 0 unspecified atom stereocenters. The van der Waals surface area contributed by atoms with Crippen molar-refractivity contribution in [2.75, 3.05) is 5.32 Å². The lowest BCUT2D eigenvalue weighted by molar-refractivity contribution is -0.137. The third kappa shape index (κ3) is 4.42. The number of halogens is 3. The molecule has 4 rings (SSSR count). The van der Waals surface area contributed by atoms with Crippen molar-refractivity contribution < 1.29 is 18.0 Å².